The highest BCUT2D eigenvalue weighted by atomic mass is 32.2. The molecule has 3 N–H and O–H groups in total. The lowest BCUT2D eigenvalue weighted by molar-refractivity contribution is -0.124. The van der Waals surface area contributed by atoms with Crippen LogP contribution in [0.1, 0.15) is 13.8 Å². The van der Waals surface area contributed by atoms with Crippen LogP contribution in [-0.4, -0.2) is 33.4 Å². The SMILES string of the molecule is COc1ccc(NS(=O)(=O)c2c(F)c(F)c(F)c(F)c2F)cc1NC(=O)[C@@H](C)NC(C)=O. The molecule has 0 heterocycles. The average molecular weight is 481 g/mol. The van der Waals surface area contributed by atoms with Gasteiger partial charge in [0, 0.05) is 6.92 Å². The summed E-state index contributed by atoms with van der Waals surface area (Å²) in [4.78, 5) is 21.2. The van der Waals surface area contributed by atoms with Gasteiger partial charge in [0.2, 0.25) is 17.6 Å². The lowest BCUT2D eigenvalue weighted by atomic mass is 10.2. The highest BCUT2D eigenvalue weighted by molar-refractivity contribution is 7.92. The van der Waals surface area contributed by atoms with Crippen LogP contribution in [0.4, 0.5) is 33.3 Å². The van der Waals surface area contributed by atoms with E-state index in [4.69, 9.17) is 4.74 Å². The summed E-state index contributed by atoms with van der Waals surface area (Å²) in [6.07, 6.45) is 0. The predicted molar refractivity (Wildman–Crippen MR) is 102 cm³/mol. The molecular formula is C18H16F5N3O5S. The van der Waals surface area contributed by atoms with Crippen molar-refractivity contribution in [3.05, 3.63) is 47.3 Å². The second kappa shape index (κ2) is 9.38. The first-order valence-corrected chi connectivity index (χ1v) is 10.1. The zero-order valence-corrected chi connectivity index (χ0v) is 17.5. The van der Waals surface area contributed by atoms with Gasteiger partial charge in [0.25, 0.3) is 10.0 Å². The maximum absolute atomic E-state index is 13.9. The zero-order chi connectivity index (χ0) is 24.4. The van der Waals surface area contributed by atoms with Crippen molar-refractivity contribution in [2.45, 2.75) is 24.8 Å². The van der Waals surface area contributed by atoms with Gasteiger partial charge in [-0.05, 0) is 25.1 Å². The van der Waals surface area contributed by atoms with Crippen molar-refractivity contribution in [1.82, 2.24) is 5.32 Å². The topological polar surface area (TPSA) is 114 Å². The molecule has 2 aromatic rings. The van der Waals surface area contributed by atoms with E-state index in [0.29, 0.717) is 0 Å². The van der Waals surface area contributed by atoms with Crippen molar-refractivity contribution in [2.75, 3.05) is 17.1 Å². The molecule has 1 atom stereocenters. The van der Waals surface area contributed by atoms with E-state index in [2.05, 4.69) is 10.6 Å². The smallest absolute Gasteiger partial charge is 0.267 e. The Kier molecular flexibility index (Phi) is 7.28. The Bertz CT molecular complexity index is 1160. The van der Waals surface area contributed by atoms with E-state index in [1.807, 2.05) is 0 Å². The summed E-state index contributed by atoms with van der Waals surface area (Å²) in [6.45, 7) is 2.54. The molecule has 14 heteroatoms. The molecule has 0 aliphatic carbocycles. The van der Waals surface area contributed by atoms with E-state index >= 15 is 0 Å². The number of halogens is 5. The maximum Gasteiger partial charge on any atom is 0.267 e. The standard InChI is InChI=1S/C18H16F5N3O5S/c1-7(24-8(2)27)18(28)25-10-6-9(4-5-11(10)31-3)26-32(29,30)17-15(22)13(20)12(19)14(21)16(17)23/h4-7,26H,1-3H3,(H,24,27)(H,25,28)/t7-/m1/s1. The highest BCUT2D eigenvalue weighted by Crippen LogP contribution is 2.31. The summed E-state index contributed by atoms with van der Waals surface area (Å²) in [5.74, 6) is -13.6. The van der Waals surface area contributed by atoms with Gasteiger partial charge >= 0.3 is 0 Å². The lowest BCUT2D eigenvalue weighted by Gasteiger charge is -2.17. The molecule has 2 aromatic carbocycles. The molecular weight excluding hydrogens is 465 g/mol. The number of hydrogen-bond donors (Lipinski definition) is 3. The van der Waals surface area contributed by atoms with Gasteiger partial charge in [0.05, 0.1) is 18.5 Å². The minimum Gasteiger partial charge on any atom is -0.495 e. The Labute approximate surface area is 178 Å². The molecule has 2 amide bonds. The van der Waals surface area contributed by atoms with Crippen LogP contribution in [0.2, 0.25) is 0 Å². The average Bonchev–Trinajstić information content (AvgIpc) is 2.70. The number of methoxy groups -OCH3 is 1. The number of carbonyl (C=O) groups excluding carboxylic acids is 2. The third-order valence-corrected chi connectivity index (χ3v) is 5.36. The molecule has 0 aromatic heterocycles. The van der Waals surface area contributed by atoms with Crippen LogP contribution in [0.3, 0.4) is 0 Å². The zero-order valence-electron chi connectivity index (χ0n) is 16.6. The van der Waals surface area contributed by atoms with Crippen molar-refractivity contribution in [3.8, 4) is 5.75 Å². The summed E-state index contributed by atoms with van der Waals surface area (Å²) < 4.78 is 99.2. The molecule has 0 aliphatic heterocycles. The molecule has 0 radical (unpaired) electrons. The van der Waals surface area contributed by atoms with E-state index in [9.17, 15) is 40.0 Å². The second-order valence-corrected chi connectivity index (χ2v) is 7.95. The normalized spacial score (nSPS) is 12.1. The van der Waals surface area contributed by atoms with Crippen molar-refractivity contribution in [2.24, 2.45) is 0 Å². The van der Waals surface area contributed by atoms with Crippen LogP contribution in [0.25, 0.3) is 0 Å². The quantitative estimate of drug-likeness (QED) is 0.320. The van der Waals surface area contributed by atoms with Gasteiger partial charge in [0.15, 0.2) is 28.2 Å². The molecule has 0 bridgehead atoms. The van der Waals surface area contributed by atoms with E-state index in [1.165, 1.54) is 21.0 Å². The van der Waals surface area contributed by atoms with Gasteiger partial charge in [-0.2, -0.15) is 0 Å². The van der Waals surface area contributed by atoms with Gasteiger partial charge < -0.3 is 15.4 Å². The molecule has 174 valence electrons. The molecule has 0 fully saturated rings. The molecule has 2 rings (SSSR count). The van der Waals surface area contributed by atoms with Crippen LogP contribution in [0.15, 0.2) is 23.1 Å². The Morgan fingerprint density at radius 3 is 2.00 bits per heavy atom. The summed E-state index contributed by atoms with van der Waals surface area (Å²) in [7, 11) is -4.07. The minimum absolute atomic E-state index is 0.0348. The first-order valence-electron chi connectivity index (χ1n) is 8.60. The molecule has 0 saturated heterocycles. The van der Waals surface area contributed by atoms with Crippen molar-refractivity contribution >= 4 is 33.2 Å². The molecule has 8 nitrogen and oxygen atoms in total. The monoisotopic (exact) mass is 481 g/mol. The molecule has 0 saturated carbocycles. The van der Waals surface area contributed by atoms with Crippen LogP contribution < -0.4 is 20.1 Å². The minimum atomic E-state index is -5.29. The Balaban J connectivity index is 2.43. The van der Waals surface area contributed by atoms with Gasteiger partial charge in [0.1, 0.15) is 11.8 Å². The van der Waals surface area contributed by atoms with E-state index in [-0.39, 0.29) is 11.4 Å². The number of anilines is 2. The van der Waals surface area contributed by atoms with Gasteiger partial charge in [-0.15, -0.1) is 0 Å². The number of sulfonamides is 1. The maximum atomic E-state index is 13.9. The number of benzene rings is 2. The Morgan fingerprint density at radius 2 is 1.50 bits per heavy atom. The van der Waals surface area contributed by atoms with Crippen molar-refractivity contribution in [1.29, 1.82) is 0 Å². The van der Waals surface area contributed by atoms with Crippen molar-refractivity contribution < 1.29 is 44.7 Å². The highest BCUT2D eigenvalue weighted by Gasteiger charge is 2.33. The summed E-state index contributed by atoms with van der Waals surface area (Å²) in [5.41, 5.74) is -0.524. The number of nitrogens with one attached hydrogen (secondary N) is 3. The fourth-order valence-corrected chi connectivity index (χ4v) is 3.70. The van der Waals surface area contributed by atoms with Crippen LogP contribution in [-0.2, 0) is 19.6 Å². The largest absolute Gasteiger partial charge is 0.495 e. The van der Waals surface area contributed by atoms with Crippen LogP contribution in [0.5, 0.6) is 5.75 Å². The van der Waals surface area contributed by atoms with E-state index in [1.54, 1.807) is 4.72 Å². The number of rotatable bonds is 7. The fourth-order valence-electron chi connectivity index (χ4n) is 2.51. The van der Waals surface area contributed by atoms with Gasteiger partial charge in [-0.3, -0.25) is 14.3 Å². The van der Waals surface area contributed by atoms with Gasteiger partial charge in [-0.1, -0.05) is 0 Å². The van der Waals surface area contributed by atoms with E-state index < -0.39 is 67.5 Å². The van der Waals surface area contributed by atoms with Crippen LogP contribution in [0, 0.1) is 29.1 Å². The molecule has 0 spiro atoms. The third kappa shape index (κ3) is 5.07. The number of hydrogen-bond acceptors (Lipinski definition) is 5. The molecule has 0 aliphatic rings. The Hall–Kier alpha value is -3.42. The third-order valence-electron chi connectivity index (χ3n) is 3.96. The second-order valence-electron chi connectivity index (χ2n) is 6.33. The van der Waals surface area contributed by atoms with Crippen LogP contribution >= 0.6 is 0 Å². The predicted octanol–water partition coefficient (Wildman–Crippen LogP) is 2.65. The number of carbonyl (C=O) groups is 2. The van der Waals surface area contributed by atoms with Crippen molar-refractivity contribution in [3.63, 3.8) is 0 Å². The number of amides is 2. The molecule has 32 heavy (non-hydrogen) atoms. The fraction of sp³-hybridized carbons (Fsp3) is 0.222. The van der Waals surface area contributed by atoms with Gasteiger partial charge in [-0.25, -0.2) is 30.4 Å². The summed E-state index contributed by atoms with van der Waals surface area (Å²) in [5, 5.41) is 4.66. The first kappa shape index (κ1) is 24.8. The lowest BCUT2D eigenvalue weighted by Crippen LogP contribution is -2.40. The summed E-state index contributed by atoms with van der Waals surface area (Å²) in [6, 6.07) is 2.19. The molecule has 0 unspecified atom stereocenters. The van der Waals surface area contributed by atoms with E-state index in [0.717, 1.165) is 18.2 Å². The summed E-state index contributed by atoms with van der Waals surface area (Å²) >= 11 is 0. The Morgan fingerprint density at radius 1 is 0.969 bits per heavy atom. The first-order chi connectivity index (χ1) is 14.8. The number of ether oxygens (including phenoxy) is 1.